The Hall–Kier alpha value is -3.28. The van der Waals surface area contributed by atoms with Crippen molar-refractivity contribution < 1.29 is 26.7 Å². The molecule has 31 heavy (non-hydrogen) atoms. The molecule has 0 aromatic carbocycles. The van der Waals surface area contributed by atoms with Crippen LogP contribution >= 0.6 is 0 Å². The van der Waals surface area contributed by atoms with E-state index in [2.05, 4.69) is 20.9 Å². The Morgan fingerprint density at radius 2 is 2.00 bits per heavy atom. The van der Waals surface area contributed by atoms with Crippen LogP contribution in [0.15, 0.2) is 35.9 Å². The fraction of sp³-hybridized carbons (Fsp3) is 0.316. The van der Waals surface area contributed by atoms with E-state index in [1.807, 2.05) is 0 Å². The van der Waals surface area contributed by atoms with Crippen LogP contribution in [0.5, 0.6) is 0 Å². The van der Waals surface area contributed by atoms with Crippen LogP contribution in [-0.2, 0) is 6.18 Å². The fourth-order valence-electron chi connectivity index (χ4n) is 3.63. The summed E-state index contributed by atoms with van der Waals surface area (Å²) in [6, 6.07) is 1.88. The van der Waals surface area contributed by atoms with Gasteiger partial charge >= 0.3 is 6.18 Å². The number of nitrogens with one attached hydrogen (secondary N) is 2. The van der Waals surface area contributed by atoms with Crippen molar-refractivity contribution in [3.05, 3.63) is 64.4 Å². The lowest BCUT2D eigenvalue weighted by Crippen LogP contribution is -2.46. The Kier molecular flexibility index (Phi) is 5.04. The number of aromatic nitrogens is 2. The predicted octanol–water partition coefficient (Wildman–Crippen LogP) is 3.06. The number of alkyl halides is 3. The molecule has 1 amide bonds. The topological polar surface area (TPSA) is 73.4 Å². The summed E-state index contributed by atoms with van der Waals surface area (Å²) >= 11 is 0. The van der Waals surface area contributed by atoms with Gasteiger partial charge in [-0.05, 0) is 31.5 Å². The Bertz CT molecular complexity index is 1090. The number of nitrogens with zero attached hydrogens (tertiary/aromatic N) is 4. The number of aryl methyl sites for hydroxylation is 1. The van der Waals surface area contributed by atoms with Crippen molar-refractivity contribution in [1.29, 1.82) is 0 Å². The molecule has 7 nitrogen and oxygen atoms in total. The number of pyridine rings is 2. The lowest BCUT2D eigenvalue weighted by Gasteiger charge is -2.34. The number of amides is 1. The first-order chi connectivity index (χ1) is 14.6. The number of anilines is 1. The van der Waals surface area contributed by atoms with Gasteiger partial charge in [-0.25, -0.2) is 23.8 Å². The summed E-state index contributed by atoms with van der Waals surface area (Å²) in [7, 11) is 0. The minimum absolute atomic E-state index is 0.127. The zero-order chi connectivity index (χ0) is 22.5. The first kappa shape index (κ1) is 21.0. The van der Waals surface area contributed by atoms with Gasteiger partial charge in [0.05, 0.1) is 29.2 Å². The van der Waals surface area contributed by atoms with Gasteiger partial charge in [0.25, 0.3) is 5.91 Å². The zero-order valence-corrected chi connectivity index (χ0v) is 16.4. The summed E-state index contributed by atoms with van der Waals surface area (Å²) in [6.45, 7) is 3.39. The molecular weight excluding hydrogens is 423 g/mol. The number of hydrogen-bond donors (Lipinski definition) is 2. The van der Waals surface area contributed by atoms with Crippen LogP contribution in [0.3, 0.4) is 0 Å². The maximum absolute atomic E-state index is 14.4. The third-order valence-electron chi connectivity index (χ3n) is 5.27. The molecule has 2 aliphatic rings. The van der Waals surface area contributed by atoms with Crippen LogP contribution < -0.4 is 16.0 Å². The van der Waals surface area contributed by atoms with Crippen LogP contribution in [0.2, 0.25) is 0 Å². The normalized spacial score (nSPS) is 18.9. The summed E-state index contributed by atoms with van der Waals surface area (Å²) < 4.78 is 66.8. The molecule has 2 aromatic rings. The van der Waals surface area contributed by atoms with Crippen molar-refractivity contribution in [3.63, 3.8) is 0 Å². The summed E-state index contributed by atoms with van der Waals surface area (Å²) in [6.07, 6.45) is -2.85. The highest BCUT2D eigenvalue weighted by atomic mass is 19.4. The molecule has 4 heterocycles. The first-order valence-electron chi connectivity index (χ1n) is 9.29. The van der Waals surface area contributed by atoms with E-state index >= 15 is 0 Å². The van der Waals surface area contributed by atoms with Crippen LogP contribution in [0.1, 0.15) is 35.0 Å². The molecule has 2 N–H and O–H groups in total. The molecule has 1 atom stereocenters. The molecule has 0 saturated carbocycles. The molecule has 2 aromatic heterocycles. The van der Waals surface area contributed by atoms with Crippen LogP contribution in [-0.4, -0.2) is 33.4 Å². The molecule has 0 spiro atoms. The van der Waals surface area contributed by atoms with Crippen molar-refractivity contribution in [2.24, 2.45) is 0 Å². The zero-order valence-electron chi connectivity index (χ0n) is 16.4. The maximum Gasteiger partial charge on any atom is 0.436 e. The lowest BCUT2D eigenvalue weighted by atomic mass is 10.0. The second kappa shape index (κ2) is 7.45. The monoisotopic (exact) mass is 440 g/mol. The Labute approximate surface area is 173 Å². The van der Waals surface area contributed by atoms with Crippen molar-refractivity contribution >= 4 is 11.7 Å². The third kappa shape index (κ3) is 3.56. The number of carbonyl (C=O) groups excluding carboxylic acids is 1. The number of carbonyl (C=O) groups is 1. The average molecular weight is 440 g/mol. The van der Waals surface area contributed by atoms with Gasteiger partial charge in [-0.2, -0.15) is 13.2 Å². The van der Waals surface area contributed by atoms with E-state index < -0.39 is 41.0 Å². The van der Waals surface area contributed by atoms with Gasteiger partial charge in [-0.3, -0.25) is 4.79 Å². The molecule has 0 fully saturated rings. The van der Waals surface area contributed by atoms with Gasteiger partial charge in [0.15, 0.2) is 11.5 Å². The molecule has 2 aliphatic heterocycles. The lowest BCUT2D eigenvalue weighted by molar-refractivity contribution is -0.143. The van der Waals surface area contributed by atoms with Crippen molar-refractivity contribution in [2.75, 3.05) is 11.6 Å². The van der Waals surface area contributed by atoms with E-state index in [4.69, 9.17) is 0 Å². The molecule has 164 valence electrons. The number of hydrogen-bond acceptors (Lipinski definition) is 6. The average Bonchev–Trinajstić information content (AvgIpc) is 3.14. The summed E-state index contributed by atoms with van der Waals surface area (Å²) in [5, 5.41) is 1.61. The van der Waals surface area contributed by atoms with E-state index in [-0.39, 0.29) is 6.54 Å². The van der Waals surface area contributed by atoms with Crippen LogP contribution in [0, 0.1) is 18.6 Å². The quantitative estimate of drug-likeness (QED) is 0.700. The number of rotatable bonds is 2. The predicted molar refractivity (Wildman–Crippen MR) is 99.0 cm³/mol. The van der Waals surface area contributed by atoms with Gasteiger partial charge in [0.2, 0.25) is 0 Å². The smallest absolute Gasteiger partial charge is 0.330 e. The molecule has 0 aliphatic carbocycles. The van der Waals surface area contributed by atoms with Gasteiger partial charge in [0.1, 0.15) is 11.6 Å². The van der Waals surface area contributed by atoms with E-state index in [0.717, 1.165) is 24.2 Å². The fourth-order valence-corrected chi connectivity index (χ4v) is 3.63. The molecular formula is C19H17F5N6O. The van der Waals surface area contributed by atoms with Crippen molar-refractivity contribution in [1.82, 2.24) is 25.8 Å². The van der Waals surface area contributed by atoms with E-state index in [1.165, 1.54) is 4.90 Å². The van der Waals surface area contributed by atoms with E-state index in [0.29, 0.717) is 23.5 Å². The molecule has 12 heteroatoms. The van der Waals surface area contributed by atoms with Crippen LogP contribution in [0.25, 0.3) is 0 Å². The highest BCUT2D eigenvalue weighted by Gasteiger charge is 2.41. The van der Waals surface area contributed by atoms with Crippen molar-refractivity contribution in [3.8, 4) is 0 Å². The maximum atomic E-state index is 14.4. The number of halogens is 5. The van der Waals surface area contributed by atoms with Crippen LogP contribution in [0.4, 0.5) is 27.8 Å². The van der Waals surface area contributed by atoms with Crippen molar-refractivity contribution in [2.45, 2.75) is 32.5 Å². The summed E-state index contributed by atoms with van der Waals surface area (Å²) in [5.41, 5.74) is 5.09. The summed E-state index contributed by atoms with van der Waals surface area (Å²) in [5.74, 6) is -2.59. The molecule has 0 bridgehead atoms. The number of hydrazine groups is 2. The highest BCUT2D eigenvalue weighted by molar-refractivity contribution is 5.95. The Balaban J connectivity index is 1.62. The Morgan fingerprint density at radius 3 is 2.68 bits per heavy atom. The van der Waals surface area contributed by atoms with Gasteiger partial charge in [-0.1, -0.05) is 0 Å². The van der Waals surface area contributed by atoms with E-state index in [1.54, 1.807) is 24.9 Å². The second-order valence-corrected chi connectivity index (χ2v) is 7.17. The molecule has 0 saturated heterocycles. The third-order valence-corrected chi connectivity index (χ3v) is 5.27. The minimum Gasteiger partial charge on any atom is -0.330 e. The Morgan fingerprint density at radius 1 is 1.26 bits per heavy atom. The largest absolute Gasteiger partial charge is 0.436 e. The standard InChI is InChI=1S/C19H17F5N6O/c1-9-7-14(26-8-12(9)20)30-13-4-6-29(10(2)16(13)27-28-30)18(31)11-3-5-25-17(15(11)21)19(22,23)24/h3,5,7-8,10,27-28H,4,6H2,1-2H3. The molecule has 4 rings (SSSR count). The first-order valence-corrected chi connectivity index (χ1v) is 9.29. The summed E-state index contributed by atoms with van der Waals surface area (Å²) in [4.78, 5) is 21.2. The molecule has 0 radical (unpaired) electrons. The van der Waals surface area contributed by atoms with E-state index in [9.17, 15) is 26.7 Å². The molecule has 1 unspecified atom stereocenters. The highest BCUT2D eigenvalue weighted by Crippen LogP contribution is 2.33. The minimum atomic E-state index is -5.01. The second-order valence-electron chi connectivity index (χ2n) is 7.17. The van der Waals surface area contributed by atoms with Gasteiger partial charge in [0, 0.05) is 19.2 Å². The van der Waals surface area contributed by atoms with Gasteiger partial charge < -0.3 is 10.3 Å². The van der Waals surface area contributed by atoms with Gasteiger partial charge in [-0.15, -0.1) is 5.53 Å². The SMILES string of the molecule is Cc1cc(N2NNC3=C2CCN(C(=O)c2ccnc(C(F)(F)F)c2F)C3C)ncc1F.